The molecule has 1 aromatic carbocycles. The Balaban J connectivity index is 1.90. The topological polar surface area (TPSA) is 70.7 Å². The molecular weight excluding hydrogens is 276 g/mol. The zero-order chi connectivity index (χ0) is 14.1. The summed E-state index contributed by atoms with van der Waals surface area (Å²) < 4.78 is 0. The fourth-order valence-electron chi connectivity index (χ4n) is 1.88. The number of pyridine rings is 1. The van der Waals surface area contributed by atoms with Crippen molar-refractivity contribution in [3.05, 3.63) is 52.9 Å². The number of rotatable bonds is 2. The highest BCUT2D eigenvalue weighted by Crippen LogP contribution is 2.21. The van der Waals surface area contributed by atoms with E-state index in [0.29, 0.717) is 21.9 Å². The number of benzene rings is 1. The average molecular weight is 287 g/mol. The second-order valence-corrected chi connectivity index (χ2v) is 4.85. The van der Waals surface area contributed by atoms with Crippen molar-refractivity contribution in [1.82, 2.24) is 15.0 Å². The summed E-state index contributed by atoms with van der Waals surface area (Å²) in [7, 11) is 0. The first-order chi connectivity index (χ1) is 9.63. The zero-order valence-corrected chi connectivity index (χ0v) is 11.4. The number of hydrogen-bond acceptors (Lipinski definition) is 3. The molecule has 100 valence electrons. The first-order valence-electron chi connectivity index (χ1n) is 6.00. The Morgan fingerprint density at radius 2 is 2.15 bits per heavy atom. The predicted octanol–water partition coefficient (Wildman–Crippen LogP) is 3.17. The lowest BCUT2D eigenvalue weighted by atomic mass is 10.2. The zero-order valence-electron chi connectivity index (χ0n) is 10.6. The highest BCUT2D eigenvalue weighted by atomic mass is 35.5. The Morgan fingerprint density at radius 3 is 3.00 bits per heavy atom. The molecule has 0 aliphatic carbocycles. The van der Waals surface area contributed by atoms with Crippen LogP contribution < -0.4 is 5.32 Å². The number of carbonyl (C=O) groups excluding carboxylic acids is 1. The molecule has 0 unspecified atom stereocenters. The second-order valence-electron chi connectivity index (χ2n) is 4.41. The number of H-pyrrole nitrogens is 1. The summed E-state index contributed by atoms with van der Waals surface area (Å²) in [5, 5.41) is 3.40. The summed E-state index contributed by atoms with van der Waals surface area (Å²) in [6.45, 7) is 1.91. The molecule has 0 spiro atoms. The lowest BCUT2D eigenvalue weighted by Crippen LogP contribution is -2.13. The fourth-order valence-corrected chi connectivity index (χ4v) is 2.05. The van der Waals surface area contributed by atoms with Crippen molar-refractivity contribution in [1.29, 1.82) is 0 Å². The van der Waals surface area contributed by atoms with Crippen LogP contribution in [0.4, 0.5) is 5.69 Å². The lowest BCUT2D eigenvalue weighted by molar-refractivity contribution is 0.102. The number of aryl methyl sites for hydroxylation is 1. The summed E-state index contributed by atoms with van der Waals surface area (Å²) in [6, 6.07) is 7.07. The van der Waals surface area contributed by atoms with Gasteiger partial charge in [0, 0.05) is 16.9 Å². The Kier molecular flexibility index (Phi) is 3.12. The van der Waals surface area contributed by atoms with Crippen LogP contribution >= 0.6 is 11.6 Å². The maximum Gasteiger partial charge on any atom is 0.257 e. The maximum absolute atomic E-state index is 12.2. The standard InChI is InChI=1S/C14H11ClN4O/c1-8-2-3-10(15)5-11(8)19-14(20)9-4-12-13(16-6-9)18-7-17-12/h2-7H,1H3,(H,19,20)(H,16,17,18). The predicted molar refractivity (Wildman–Crippen MR) is 78.0 cm³/mol. The van der Waals surface area contributed by atoms with Gasteiger partial charge in [0.25, 0.3) is 5.91 Å². The number of carbonyl (C=O) groups is 1. The summed E-state index contributed by atoms with van der Waals surface area (Å²) in [6.07, 6.45) is 3.04. The van der Waals surface area contributed by atoms with Gasteiger partial charge < -0.3 is 10.3 Å². The molecule has 3 aromatic rings. The molecule has 2 heterocycles. The van der Waals surface area contributed by atoms with E-state index >= 15 is 0 Å². The number of fused-ring (bicyclic) bond motifs is 1. The van der Waals surface area contributed by atoms with Crippen LogP contribution in [-0.2, 0) is 0 Å². The number of aromatic amines is 1. The van der Waals surface area contributed by atoms with Crippen molar-refractivity contribution in [3.63, 3.8) is 0 Å². The van der Waals surface area contributed by atoms with Gasteiger partial charge in [-0.05, 0) is 30.7 Å². The minimum Gasteiger partial charge on any atom is -0.343 e. The van der Waals surface area contributed by atoms with E-state index in [9.17, 15) is 4.79 Å². The van der Waals surface area contributed by atoms with Gasteiger partial charge in [-0.15, -0.1) is 0 Å². The van der Waals surface area contributed by atoms with Crippen LogP contribution in [0.25, 0.3) is 11.2 Å². The average Bonchev–Trinajstić information content (AvgIpc) is 2.90. The number of imidazole rings is 1. The Hall–Kier alpha value is -2.40. The van der Waals surface area contributed by atoms with Crippen molar-refractivity contribution in [3.8, 4) is 0 Å². The molecular formula is C14H11ClN4O. The number of nitrogens with one attached hydrogen (secondary N) is 2. The molecule has 1 amide bonds. The third-order valence-corrected chi connectivity index (χ3v) is 3.22. The van der Waals surface area contributed by atoms with Gasteiger partial charge in [-0.1, -0.05) is 17.7 Å². The Bertz CT molecular complexity index is 797. The van der Waals surface area contributed by atoms with Crippen molar-refractivity contribution >= 4 is 34.4 Å². The lowest BCUT2D eigenvalue weighted by Gasteiger charge is -2.08. The molecule has 0 radical (unpaired) electrons. The van der Waals surface area contributed by atoms with Gasteiger partial charge in [-0.3, -0.25) is 4.79 Å². The molecule has 5 nitrogen and oxygen atoms in total. The SMILES string of the molecule is Cc1ccc(Cl)cc1NC(=O)c1cnc2nc[nH]c2c1. The smallest absolute Gasteiger partial charge is 0.257 e. The summed E-state index contributed by atoms with van der Waals surface area (Å²) in [5.41, 5.74) is 3.40. The van der Waals surface area contributed by atoms with Crippen LogP contribution in [0.2, 0.25) is 5.02 Å². The molecule has 0 fully saturated rings. The van der Waals surface area contributed by atoms with E-state index in [2.05, 4.69) is 20.3 Å². The van der Waals surface area contributed by atoms with Crippen LogP contribution in [0.1, 0.15) is 15.9 Å². The molecule has 0 saturated heterocycles. The highest BCUT2D eigenvalue weighted by molar-refractivity contribution is 6.31. The van der Waals surface area contributed by atoms with E-state index in [1.54, 1.807) is 24.5 Å². The van der Waals surface area contributed by atoms with E-state index < -0.39 is 0 Å². The van der Waals surface area contributed by atoms with Gasteiger partial charge >= 0.3 is 0 Å². The number of hydrogen-bond donors (Lipinski definition) is 2. The molecule has 6 heteroatoms. The van der Waals surface area contributed by atoms with E-state index in [1.807, 2.05) is 13.0 Å². The molecule has 3 rings (SSSR count). The number of aromatic nitrogens is 3. The normalized spacial score (nSPS) is 10.7. The Labute approximate surface area is 120 Å². The van der Waals surface area contributed by atoms with Crippen molar-refractivity contribution < 1.29 is 4.79 Å². The minimum absolute atomic E-state index is 0.237. The van der Waals surface area contributed by atoms with Crippen LogP contribution in [0.3, 0.4) is 0 Å². The highest BCUT2D eigenvalue weighted by Gasteiger charge is 2.10. The molecule has 0 atom stereocenters. The largest absolute Gasteiger partial charge is 0.343 e. The third kappa shape index (κ3) is 2.35. The van der Waals surface area contributed by atoms with Gasteiger partial charge in [0.2, 0.25) is 0 Å². The molecule has 2 aromatic heterocycles. The van der Waals surface area contributed by atoms with Crippen LogP contribution in [0.5, 0.6) is 0 Å². The molecule has 0 saturated carbocycles. The van der Waals surface area contributed by atoms with Gasteiger partial charge in [-0.2, -0.15) is 0 Å². The minimum atomic E-state index is -0.237. The van der Waals surface area contributed by atoms with Crippen molar-refractivity contribution in [2.45, 2.75) is 6.92 Å². The van der Waals surface area contributed by atoms with E-state index in [0.717, 1.165) is 11.1 Å². The quantitative estimate of drug-likeness (QED) is 0.760. The summed E-state index contributed by atoms with van der Waals surface area (Å²) >= 11 is 5.93. The number of nitrogens with zero attached hydrogens (tertiary/aromatic N) is 2. The maximum atomic E-state index is 12.2. The first-order valence-corrected chi connectivity index (χ1v) is 6.38. The van der Waals surface area contributed by atoms with Gasteiger partial charge in [0.15, 0.2) is 5.65 Å². The van der Waals surface area contributed by atoms with Gasteiger partial charge in [-0.25, -0.2) is 9.97 Å². The molecule has 20 heavy (non-hydrogen) atoms. The second kappa shape index (κ2) is 4.94. The molecule has 0 aliphatic rings. The van der Waals surface area contributed by atoms with Gasteiger partial charge in [0.05, 0.1) is 17.4 Å². The van der Waals surface area contributed by atoms with Crippen molar-refractivity contribution in [2.24, 2.45) is 0 Å². The molecule has 0 aliphatic heterocycles. The van der Waals surface area contributed by atoms with Crippen LogP contribution in [-0.4, -0.2) is 20.9 Å². The van der Waals surface area contributed by atoms with Gasteiger partial charge in [0.1, 0.15) is 0 Å². The van der Waals surface area contributed by atoms with Crippen LogP contribution in [0, 0.1) is 6.92 Å². The number of halogens is 1. The van der Waals surface area contributed by atoms with E-state index in [4.69, 9.17) is 11.6 Å². The molecule has 2 N–H and O–H groups in total. The monoisotopic (exact) mass is 286 g/mol. The summed E-state index contributed by atoms with van der Waals surface area (Å²) in [4.78, 5) is 23.3. The third-order valence-electron chi connectivity index (χ3n) is 2.98. The van der Waals surface area contributed by atoms with Crippen LogP contribution in [0.15, 0.2) is 36.8 Å². The first kappa shape index (κ1) is 12.6. The number of anilines is 1. The number of amides is 1. The van der Waals surface area contributed by atoms with Crippen molar-refractivity contribution in [2.75, 3.05) is 5.32 Å². The Morgan fingerprint density at radius 1 is 1.30 bits per heavy atom. The summed E-state index contributed by atoms with van der Waals surface area (Å²) in [5.74, 6) is -0.237. The fraction of sp³-hybridized carbons (Fsp3) is 0.0714. The van der Waals surface area contributed by atoms with E-state index in [1.165, 1.54) is 6.20 Å². The van der Waals surface area contributed by atoms with E-state index in [-0.39, 0.29) is 5.91 Å². The molecule has 0 bridgehead atoms.